The number of rotatable bonds is 4. The van der Waals surface area contributed by atoms with Crippen molar-refractivity contribution in [2.75, 3.05) is 27.2 Å². The van der Waals surface area contributed by atoms with Crippen molar-refractivity contribution in [3.8, 4) is 0 Å². The fourth-order valence-corrected chi connectivity index (χ4v) is 0.774. The van der Waals surface area contributed by atoms with Gasteiger partial charge in [0, 0.05) is 17.1 Å². The molecule has 106 valence electrons. The average Bonchev–Trinajstić information content (AvgIpc) is 1.81. The Balaban J connectivity index is -0.0000000533. The monoisotopic (exact) mass is 344 g/mol. The van der Waals surface area contributed by atoms with E-state index >= 15 is 0 Å². The first kappa shape index (κ1) is 30.7. The zero-order valence-corrected chi connectivity index (χ0v) is 12.4. The average molecular weight is 345 g/mol. The Hall–Kier alpha value is 0.839. The molecule has 0 heterocycles. The van der Waals surface area contributed by atoms with Crippen LogP contribution in [-0.2, 0) is 17.1 Å². The Morgan fingerprint density at radius 1 is 1.00 bits per heavy atom. The quantitative estimate of drug-likeness (QED) is 0.272. The first-order valence-electron chi connectivity index (χ1n) is 4.05. The van der Waals surface area contributed by atoms with Crippen molar-refractivity contribution in [1.82, 2.24) is 0 Å². The van der Waals surface area contributed by atoms with Gasteiger partial charge in [-0.15, -0.1) is 12.4 Å². The molecule has 0 saturated heterocycles. The fraction of sp³-hybridized carbons (Fsp3) is 0.500. The van der Waals surface area contributed by atoms with Gasteiger partial charge in [-0.2, -0.15) is 0 Å². The molecule has 0 aromatic rings. The number of hydrogen-bond acceptors (Lipinski definition) is 4. The number of likely N-dealkylation sites (N-methyl/N-ethyl adjacent to an activating group) is 1. The molecule has 4 N–H and O–H groups in total. The minimum absolute atomic E-state index is 0. The molecule has 0 aromatic carbocycles. The fourth-order valence-electron chi connectivity index (χ4n) is 0.774. The molecule has 0 unspecified atom stereocenters. The van der Waals surface area contributed by atoms with Gasteiger partial charge in [-0.3, -0.25) is 0 Å². The predicted octanol–water partition coefficient (Wildman–Crippen LogP) is -1.94. The molecular formula is C8H24AlClFeNO4Si+. The van der Waals surface area contributed by atoms with E-state index in [9.17, 15) is 0 Å². The van der Waals surface area contributed by atoms with Gasteiger partial charge < -0.3 is 23.7 Å². The van der Waals surface area contributed by atoms with Gasteiger partial charge in [-0.1, -0.05) is 13.2 Å². The number of nitrogens with zero attached hydrogens (tertiary/aromatic N) is 1. The summed E-state index contributed by atoms with van der Waals surface area (Å²) in [6.45, 7) is 9.37. The van der Waals surface area contributed by atoms with Gasteiger partial charge >= 0.3 is 9.05 Å². The summed E-state index contributed by atoms with van der Waals surface area (Å²) in [5.41, 5.74) is 0. The van der Waals surface area contributed by atoms with Crippen LogP contribution in [0.15, 0.2) is 25.3 Å². The third-order valence-corrected chi connectivity index (χ3v) is 1.25. The molecule has 0 rings (SSSR count). The van der Waals surface area contributed by atoms with Crippen LogP contribution in [-0.4, -0.2) is 77.3 Å². The molecule has 0 radical (unpaired) electrons. The van der Waals surface area contributed by atoms with Gasteiger partial charge in [-0.05, 0) is 12.2 Å². The molecule has 17 heavy (non-hydrogen) atoms. The summed E-state index contributed by atoms with van der Waals surface area (Å²) in [6.07, 6.45) is 3.87. The Morgan fingerprint density at radius 2 is 1.18 bits per heavy atom. The Kier molecular flexibility index (Phi) is 26.9. The number of halogens is 1. The van der Waals surface area contributed by atoms with E-state index in [1.807, 2.05) is 12.2 Å². The maximum Gasteiger partial charge on any atom is 0.668 e. The van der Waals surface area contributed by atoms with Crippen LogP contribution in [0.25, 0.3) is 0 Å². The van der Waals surface area contributed by atoms with Crippen molar-refractivity contribution in [2.24, 2.45) is 0 Å². The van der Waals surface area contributed by atoms with Crippen molar-refractivity contribution in [1.29, 1.82) is 0 Å². The van der Waals surface area contributed by atoms with E-state index < -0.39 is 9.05 Å². The SMILES string of the molecule is C=CC[N+](C)(C)CC=C.Cl.O[Si](O)(O)O.[AlH3].[Fe]. The second-order valence-electron chi connectivity index (χ2n) is 3.48. The standard InChI is InChI=1S/C8H16N.Al.ClH.Fe.H4O4Si.3H/c1-5-7-9(3,4)8-6-2;;;;1-5(2,3)4;;;/h5-6H,1-2,7-8H2,3-4H3;;1H;;1-4H;;;/q+1;;;;;;;. The summed E-state index contributed by atoms with van der Waals surface area (Å²) in [5, 5.41) is 0. The molecule has 9 heteroatoms. The van der Waals surface area contributed by atoms with Gasteiger partial charge in [0.2, 0.25) is 0 Å². The Labute approximate surface area is 132 Å². The zero-order valence-electron chi connectivity index (χ0n) is 9.48. The topological polar surface area (TPSA) is 80.9 Å². The van der Waals surface area contributed by atoms with E-state index in [1.54, 1.807) is 0 Å². The Bertz CT molecular complexity index is 175. The van der Waals surface area contributed by atoms with Crippen LogP contribution in [0.4, 0.5) is 0 Å². The summed E-state index contributed by atoms with van der Waals surface area (Å²) in [5.74, 6) is 0. The minimum atomic E-state index is -4.61. The maximum absolute atomic E-state index is 7.33. The van der Waals surface area contributed by atoms with Crippen molar-refractivity contribution in [3.63, 3.8) is 0 Å². The number of quaternary nitrogens is 1. The summed E-state index contributed by atoms with van der Waals surface area (Å²) >= 11 is 0. The third kappa shape index (κ3) is 47.5. The molecule has 0 aliphatic rings. The molecule has 0 aromatic heterocycles. The van der Waals surface area contributed by atoms with Gasteiger partial charge in [0.25, 0.3) is 0 Å². The molecular weight excluding hydrogens is 320 g/mol. The van der Waals surface area contributed by atoms with Crippen LogP contribution in [0, 0.1) is 0 Å². The normalized spacial score (nSPS) is 9.29. The summed E-state index contributed by atoms with van der Waals surface area (Å²) in [6, 6.07) is 0. The molecule has 0 fully saturated rings. The summed E-state index contributed by atoms with van der Waals surface area (Å²) in [7, 11) is -0.299. The Morgan fingerprint density at radius 3 is 1.29 bits per heavy atom. The molecule has 0 bridgehead atoms. The summed E-state index contributed by atoms with van der Waals surface area (Å²) < 4.78 is 0.951. The first-order valence-corrected chi connectivity index (χ1v) is 5.84. The molecule has 0 aliphatic carbocycles. The van der Waals surface area contributed by atoms with Crippen molar-refractivity contribution >= 4 is 38.8 Å². The number of hydrogen-bond donors (Lipinski definition) is 4. The largest absolute Gasteiger partial charge is 0.668 e. The second kappa shape index (κ2) is 14.9. The van der Waals surface area contributed by atoms with E-state index in [-0.39, 0.29) is 46.8 Å². The van der Waals surface area contributed by atoms with E-state index in [0.717, 1.165) is 17.6 Å². The van der Waals surface area contributed by atoms with E-state index in [2.05, 4.69) is 27.3 Å². The van der Waals surface area contributed by atoms with Crippen molar-refractivity contribution in [2.45, 2.75) is 0 Å². The van der Waals surface area contributed by atoms with Crippen LogP contribution in [0.2, 0.25) is 0 Å². The van der Waals surface area contributed by atoms with Crippen molar-refractivity contribution in [3.05, 3.63) is 25.3 Å². The van der Waals surface area contributed by atoms with E-state index in [0.29, 0.717) is 0 Å². The molecule has 0 saturated carbocycles. The van der Waals surface area contributed by atoms with Crippen LogP contribution in [0.5, 0.6) is 0 Å². The second-order valence-corrected chi connectivity index (χ2v) is 4.68. The molecule has 0 spiro atoms. The van der Waals surface area contributed by atoms with Gasteiger partial charge in [0.05, 0.1) is 27.2 Å². The first-order chi connectivity index (χ1) is 6.12. The minimum Gasteiger partial charge on any atom is -0.368 e. The maximum atomic E-state index is 7.33. The molecule has 5 nitrogen and oxygen atoms in total. The molecule has 0 amide bonds. The van der Waals surface area contributed by atoms with Crippen LogP contribution in [0.1, 0.15) is 0 Å². The molecule has 0 atom stereocenters. The third-order valence-electron chi connectivity index (χ3n) is 1.25. The van der Waals surface area contributed by atoms with E-state index in [4.69, 9.17) is 19.2 Å². The summed E-state index contributed by atoms with van der Waals surface area (Å²) in [4.78, 5) is 29.3. The zero-order chi connectivity index (χ0) is 11.8. The molecule has 0 aliphatic heterocycles. The van der Waals surface area contributed by atoms with Gasteiger partial charge in [-0.25, -0.2) is 0 Å². The van der Waals surface area contributed by atoms with Gasteiger partial charge in [0.1, 0.15) is 0 Å². The van der Waals surface area contributed by atoms with Crippen LogP contribution >= 0.6 is 12.4 Å². The smallest absolute Gasteiger partial charge is 0.368 e. The van der Waals surface area contributed by atoms with E-state index in [1.165, 1.54) is 0 Å². The van der Waals surface area contributed by atoms with Crippen LogP contribution in [0.3, 0.4) is 0 Å². The van der Waals surface area contributed by atoms with Crippen LogP contribution < -0.4 is 0 Å². The van der Waals surface area contributed by atoms with Gasteiger partial charge in [0.15, 0.2) is 17.4 Å². The predicted molar refractivity (Wildman–Crippen MR) is 74.1 cm³/mol. The van der Waals surface area contributed by atoms with Crippen molar-refractivity contribution < 1.29 is 40.7 Å².